The van der Waals surface area contributed by atoms with E-state index < -0.39 is 0 Å². The number of rotatable bonds is 1. The van der Waals surface area contributed by atoms with Crippen LogP contribution >= 0.6 is 0 Å². The van der Waals surface area contributed by atoms with E-state index in [4.69, 9.17) is 0 Å². The van der Waals surface area contributed by atoms with Gasteiger partial charge in [-0.1, -0.05) is 0 Å². The molecule has 2 unspecified atom stereocenters. The lowest BCUT2D eigenvalue weighted by atomic mass is 9.91. The van der Waals surface area contributed by atoms with Gasteiger partial charge >= 0.3 is 0 Å². The normalized spacial score (nSPS) is 35.7. The minimum Gasteiger partial charge on any atom is -0.304 e. The number of hydrogen-bond donors (Lipinski definition) is 0. The average molecular weight is 210 g/mol. The lowest BCUT2D eigenvalue weighted by molar-refractivity contribution is -0.122. The van der Waals surface area contributed by atoms with Crippen molar-refractivity contribution in [3.63, 3.8) is 0 Å². The van der Waals surface area contributed by atoms with Crippen molar-refractivity contribution in [2.24, 2.45) is 0 Å². The first-order chi connectivity index (χ1) is 7.16. The summed E-state index contributed by atoms with van der Waals surface area (Å²) in [4.78, 5) is 16.4. The molecule has 1 aliphatic carbocycles. The molecule has 3 heteroatoms. The van der Waals surface area contributed by atoms with Gasteiger partial charge in [0.25, 0.3) is 0 Å². The molecule has 15 heavy (non-hydrogen) atoms. The van der Waals surface area contributed by atoms with Gasteiger partial charge in [-0.25, -0.2) is 0 Å². The Kier molecular flexibility index (Phi) is 3.42. The van der Waals surface area contributed by atoms with Crippen molar-refractivity contribution in [3.05, 3.63) is 0 Å². The molecule has 86 valence electrons. The van der Waals surface area contributed by atoms with E-state index in [1.807, 2.05) is 0 Å². The second-order valence-electron chi connectivity index (χ2n) is 5.14. The monoisotopic (exact) mass is 210 g/mol. The van der Waals surface area contributed by atoms with Crippen molar-refractivity contribution in [3.8, 4) is 0 Å². The summed E-state index contributed by atoms with van der Waals surface area (Å²) in [5.74, 6) is 0.470. The number of nitrogens with zero attached hydrogens (tertiary/aromatic N) is 2. The van der Waals surface area contributed by atoms with E-state index in [0.29, 0.717) is 17.9 Å². The molecule has 3 nitrogen and oxygen atoms in total. The Morgan fingerprint density at radius 3 is 2.80 bits per heavy atom. The molecule has 0 N–H and O–H groups in total. The third-order valence-electron chi connectivity index (χ3n) is 3.81. The molecule has 0 aromatic rings. The van der Waals surface area contributed by atoms with E-state index in [1.165, 1.54) is 6.42 Å². The first-order valence-electron chi connectivity index (χ1n) is 6.13. The summed E-state index contributed by atoms with van der Waals surface area (Å²) in [6.07, 6.45) is 3.94. The van der Waals surface area contributed by atoms with Crippen LogP contribution in [0.3, 0.4) is 0 Å². The van der Waals surface area contributed by atoms with Gasteiger partial charge in [0, 0.05) is 44.6 Å². The summed E-state index contributed by atoms with van der Waals surface area (Å²) < 4.78 is 0. The van der Waals surface area contributed by atoms with E-state index >= 15 is 0 Å². The molecule has 2 atom stereocenters. The molecule has 1 heterocycles. The summed E-state index contributed by atoms with van der Waals surface area (Å²) in [5.41, 5.74) is 0. The van der Waals surface area contributed by atoms with Crippen molar-refractivity contribution >= 4 is 5.78 Å². The Hall–Kier alpha value is -0.410. The van der Waals surface area contributed by atoms with E-state index in [0.717, 1.165) is 38.9 Å². The average Bonchev–Trinajstić information content (AvgIpc) is 2.17. The number of ketones is 1. The molecule has 1 aliphatic heterocycles. The number of likely N-dealkylation sites (N-methyl/N-ethyl adjacent to an activating group) is 1. The van der Waals surface area contributed by atoms with Gasteiger partial charge in [0.1, 0.15) is 5.78 Å². The number of piperazine rings is 1. The van der Waals surface area contributed by atoms with Crippen LogP contribution in [0.5, 0.6) is 0 Å². The third kappa shape index (κ3) is 2.58. The molecule has 0 radical (unpaired) electrons. The molecule has 0 aromatic heterocycles. The molecule has 0 aromatic carbocycles. The quantitative estimate of drug-likeness (QED) is 0.648. The van der Waals surface area contributed by atoms with Gasteiger partial charge in [-0.15, -0.1) is 0 Å². The highest BCUT2D eigenvalue weighted by molar-refractivity contribution is 5.79. The zero-order valence-corrected chi connectivity index (χ0v) is 9.91. The van der Waals surface area contributed by atoms with Crippen LogP contribution in [0.1, 0.15) is 32.6 Å². The van der Waals surface area contributed by atoms with Gasteiger partial charge in [-0.2, -0.15) is 0 Å². The lowest BCUT2D eigenvalue weighted by Crippen LogP contribution is -2.55. The van der Waals surface area contributed by atoms with Crippen molar-refractivity contribution in [2.75, 3.05) is 26.7 Å². The highest BCUT2D eigenvalue weighted by atomic mass is 16.1. The SMILES string of the molecule is CC1CN(C)CCN1C1CCCC(=O)C1. The predicted molar refractivity (Wildman–Crippen MR) is 60.9 cm³/mol. The smallest absolute Gasteiger partial charge is 0.134 e. The molecule has 2 fully saturated rings. The minimum atomic E-state index is 0.470. The highest BCUT2D eigenvalue weighted by Crippen LogP contribution is 2.23. The van der Waals surface area contributed by atoms with Crippen molar-refractivity contribution < 1.29 is 4.79 Å². The Bertz CT molecular complexity index is 242. The summed E-state index contributed by atoms with van der Waals surface area (Å²) in [6.45, 7) is 5.71. The van der Waals surface area contributed by atoms with Crippen molar-refractivity contribution in [2.45, 2.75) is 44.7 Å². The molecule has 1 saturated carbocycles. The zero-order valence-electron chi connectivity index (χ0n) is 9.91. The number of Topliss-reactive ketones (excluding diaryl/α,β-unsaturated/α-hetero) is 1. The molecule has 1 saturated heterocycles. The zero-order chi connectivity index (χ0) is 10.8. The molecular formula is C12H22N2O. The fourth-order valence-corrected chi connectivity index (χ4v) is 2.98. The second kappa shape index (κ2) is 4.62. The van der Waals surface area contributed by atoms with E-state index in [1.54, 1.807) is 0 Å². The molecule has 2 rings (SSSR count). The fraction of sp³-hybridized carbons (Fsp3) is 0.917. The van der Waals surface area contributed by atoms with Gasteiger partial charge in [-0.05, 0) is 26.8 Å². The molecule has 0 bridgehead atoms. The summed E-state index contributed by atoms with van der Waals surface area (Å²) in [5, 5.41) is 0. The molecular weight excluding hydrogens is 188 g/mol. The highest BCUT2D eigenvalue weighted by Gasteiger charge is 2.30. The van der Waals surface area contributed by atoms with Crippen LogP contribution in [0.4, 0.5) is 0 Å². The Morgan fingerprint density at radius 1 is 1.33 bits per heavy atom. The van der Waals surface area contributed by atoms with E-state index in [9.17, 15) is 4.79 Å². The Balaban J connectivity index is 1.94. The minimum absolute atomic E-state index is 0.470. The Labute approximate surface area is 92.4 Å². The number of carbonyl (C=O) groups is 1. The van der Waals surface area contributed by atoms with Crippen LogP contribution in [0.25, 0.3) is 0 Å². The predicted octanol–water partition coefficient (Wildman–Crippen LogP) is 1.13. The first kappa shape index (κ1) is 11.1. The van der Waals surface area contributed by atoms with Gasteiger partial charge in [0.2, 0.25) is 0 Å². The van der Waals surface area contributed by atoms with Gasteiger partial charge < -0.3 is 4.90 Å². The molecule has 2 aliphatic rings. The summed E-state index contributed by atoms with van der Waals surface area (Å²) in [7, 11) is 2.18. The van der Waals surface area contributed by atoms with Crippen LogP contribution in [0.2, 0.25) is 0 Å². The summed E-state index contributed by atoms with van der Waals surface area (Å²) >= 11 is 0. The van der Waals surface area contributed by atoms with Gasteiger partial charge in [-0.3, -0.25) is 9.69 Å². The number of hydrogen-bond acceptors (Lipinski definition) is 3. The van der Waals surface area contributed by atoms with Crippen molar-refractivity contribution in [1.29, 1.82) is 0 Å². The van der Waals surface area contributed by atoms with E-state index in [2.05, 4.69) is 23.8 Å². The maximum absolute atomic E-state index is 11.5. The largest absolute Gasteiger partial charge is 0.304 e. The second-order valence-corrected chi connectivity index (χ2v) is 5.14. The van der Waals surface area contributed by atoms with Gasteiger partial charge in [0.15, 0.2) is 0 Å². The first-order valence-corrected chi connectivity index (χ1v) is 6.13. The third-order valence-corrected chi connectivity index (χ3v) is 3.81. The van der Waals surface area contributed by atoms with Crippen LogP contribution in [0.15, 0.2) is 0 Å². The van der Waals surface area contributed by atoms with Crippen LogP contribution in [-0.4, -0.2) is 54.3 Å². The van der Waals surface area contributed by atoms with Crippen LogP contribution in [-0.2, 0) is 4.79 Å². The van der Waals surface area contributed by atoms with E-state index in [-0.39, 0.29) is 0 Å². The van der Waals surface area contributed by atoms with Crippen LogP contribution in [0, 0.1) is 0 Å². The lowest BCUT2D eigenvalue weighted by Gasteiger charge is -2.43. The number of carbonyl (C=O) groups excluding carboxylic acids is 1. The molecule has 0 amide bonds. The fourth-order valence-electron chi connectivity index (χ4n) is 2.98. The molecule has 0 spiro atoms. The van der Waals surface area contributed by atoms with Gasteiger partial charge in [0.05, 0.1) is 0 Å². The van der Waals surface area contributed by atoms with Crippen molar-refractivity contribution in [1.82, 2.24) is 9.80 Å². The standard InChI is InChI=1S/C12H22N2O/c1-10-9-13(2)6-7-14(10)11-4-3-5-12(15)8-11/h10-11H,3-9H2,1-2H3. The summed E-state index contributed by atoms with van der Waals surface area (Å²) in [6, 6.07) is 1.15. The maximum Gasteiger partial charge on any atom is 0.134 e. The topological polar surface area (TPSA) is 23.6 Å². The Morgan fingerprint density at radius 2 is 2.13 bits per heavy atom. The van der Waals surface area contributed by atoms with Crippen LogP contribution < -0.4 is 0 Å². The maximum atomic E-state index is 11.5.